The zero-order chi connectivity index (χ0) is 21.7. The molecule has 0 aliphatic carbocycles. The van der Waals surface area contributed by atoms with Crippen LogP contribution in [0.4, 0.5) is 4.79 Å². The minimum absolute atomic E-state index is 0.0906. The van der Waals surface area contributed by atoms with E-state index >= 15 is 0 Å². The Morgan fingerprint density at radius 2 is 1.93 bits per heavy atom. The lowest BCUT2D eigenvalue weighted by atomic mass is 10.1. The fourth-order valence-electron chi connectivity index (χ4n) is 3.40. The van der Waals surface area contributed by atoms with Crippen molar-refractivity contribution in [2.45, 2.75) is 52.4 Å². The van der Waals surface area contributed by atoms with Gasteiger partial charge in [-0.05, 0) is 39.3 Å². The Morgan fingerprint density at radius 1 is 1.23 bits per heavy atom. The average molecular weight is 419 g/mol. The number of amides is 1. The summed E-state index contributed by atoms with van der Waals surface area (Å²) in [5.74, 6) is 1.33. The van der Waals surface area contributed by atoms with Gasteiger partial charge in [-0.3, -0.25) is 0 Å². The molecule has 3 rings (SSSR count). The second kappa shape index (κ2) is 9.55. The molecule has 2 heterocycles. The first-order chi connectivity index (χ1) is 14.2. The van der Waals surface area contributed by atoms with Crippen LogP contribution in [0, 0.1) is 6.92 Å². The number of carbonyl (C=O) groups is 1. The Bertz CT molecular complexity index is 761. The maximum atomic E-state index is 12.2. The predicted octanol–water partition coefficient (Wildman–Crippen LogP) is 2.53. The van der Waals surface area contributed by atoms with Crippen LogP contribution in [0.2, 0.25) is 0 Å². The quantitative estimate of drug-likeness (QED) is 0.597. The molecular formula is C22H34N4O4. The van der Waals surface area contributed by atoms with Crippen molar-refractivity contribution in [2.24, 2.45) is 10.7 Å². The van der Waals surface area contributed by atoms with E-state index in [0.29, 0.717) is 45.3 Å². The predicted molar refractivity (Wildman–Crippen MR) is 116 cm³/mol. The number of aliphatic imine (C=N–C) groups is 1. The van der Waals surface area contributed by atoms with E-state index < -0.39 is 5.60 Å². The molecule has 1 atom stereocenters. The maximum absolute atomic E-state index is 12.2. The number of hydrogen-bond acceptors (Lipinski definition) is 5. The first-order valence-electron chi connectivity index (χ1n) is 10.6. The molecule has 2 aliphatic rings. The number of rotatable bonds is 4. The van der Waals surface area contributed by atoms with Gasteiger partial charge in [-0.1, -0.05) is 12.1 Å². The summed E-state index contributed by atoms with van der Waals surface area (Å²) < 4.78 is 17.0. The van der Waals surface area contributed by atoms with Crippen molar-refractivity contribution in [3.8, 4) is 5.75 Å². The molecule has 1 aromatic rings. The molecule has 0 aromatic heterocycles. The number of benzene rings is 1. The third-order valence-corrected chi connectivity index (χ3v) is 5.07. The summed E-state index contributed by atoms with van der Waals surface area (Å²) in [4.78, 5) is 20.5. The highest BCUT2D eigenvalue weighted by molar-refractivity contribution is 5.78. The summed E-state index contributed by atoms with van der Waals surface area (Å²) in [5.41, 5.74) is 7.89. The molecule has 166 valence electrons. The molecule has 2 saturated heterocycles. The third-order valence-electron chi connectivity index (χ3n) is 5.07. The van der Waals surface area contributed by atoms with E-state index in [0.717, 1.165) is 29.9 Å². The summed E-state index contributed by atoms with van der Waals surface area (Å²) >= 11 is 0. The first kappa shape index (κ1) is 22.2. The molecule has 8 heteroatoms. The van der Waals surface area contributed by atoms with Crippen molar-refractivity contribution >= 4 is 12.1 Å². The van der Waals surface area contributed by atoms with Crippen LogP contribution in [0.5, 0.6) is 5.75 Å². The van der Waals surface area contributed by atoms with Gasteiger partial charge in [-0.2, -0.15) is 0 Å². The molecule has 30 heavy (non-hydrogen) atoms. The van der Waals surface area contributed by atoms with Crippen molar-refractivity contribution in [3.63, 3.8) is 0 Å². The first-order valence-corrected chi connectivity index (χ1v) is 10.6. The van der Waals surface area contributed by atoms with Gasteiger partial charge >= 0.3 is 6.09 Å². The minimum atomic E-state index is -0.493. The summed E-state index contributed by atoms with van der Waals surface area (Å²) in [7, 11) is 0. The van der Waals surface area contributed by atoms with E-state index in [-0.39, 0.29) is 12.2 Å². The summed E-state index contributed by atoms with van der Waals surface area (Å²) in [5, 5.41) is 0. The maximum Gasteiger partial charge on any atom is 0.410 e. The number of guanidine groups is 1. The van der Waals surface area contributed by atoms with Gasteiger partial charge in [0, 0.05) is 38.2 Å². The van der Waals surface area contributed by atoms with Gasteiger partial charge in [0.15, 0.2) is 5.96 Å². The van der Waals surface area contributed by atoms with Crippen LogP contribution in [-0.2, 0) is 16.0 Å². The van der Waals surface area contributed by atoms with E-state index in [9.17, 15) is 4.79 Å². The summed E-state index contributed by atoms with van der Waals surface area (Å²) in [6.45, 7) is 11.9. The van der Waals surface area contributed by atoms with Crippen LogP contribution in [0.3, 0.4) is 0 Å². The van der Waals surface area contributed by atoms with Gasteiger partial charge in [0.25, 0.3) is 0 Å². The molecule has 0 spiro atoms. The van der Waals surface area contributed by atoms with Gasteiger partial charge in [0.1, 0.15) is 17.5 Å². The van der Waals surface area contributed by atoms with E-state index in [1.807, 2.05) is 44.7 Å². The number of aryl methyl sites for hydroxylation is 1. The molecule has 2 aliphatic heterocycles. The smallest absolute Gasteiger partial charge is 0.410 e. The normalized spacial score (nSPS) is 20.4. The van der Waals surface area contributed by atoms with Crippen molar-refractivity contribution in [1.29, 1.82) is 0 Å². The van der Waals surface area contributed by atoms with Crippen molar-refractivity contribution in [1.82, 2.24) is 9.80 Å². The van der Waals surface area contributed by atoms with Gasteiger partial charge in [-0.25, -0.2) is 9.79 Å². The van der Waals surface area contributed by atoms with Crippen molar-refractivity contribution in [2.75, 3.05) is 39.4 Å². The highest BCUT2D eigenvalue weighted by Crippen LogP contribution is 2.24. The van der Waals surface area contributed by atoms with Crippen LogP contribution >= 0.6 is 0 Å². The molecule has 1 amide bonds. The molecule has 0 radical (unpaired) electrons. The Hall–Kier alpha value is -2.48. The van der Waals surface area contributed by atoms with Gasteiger partial charge < -0.3 is 29.7 Å². The topological polar surface area (TPSA) is 89.6 Å². The molecule has 1 unspecified atom stereocenters. The van der Waals surface area contributed by atoms with Gasteiger partial charge in [0.2, 0.25) is 0 Å². The second-order valence-corrected chi connectivity index (χ2v) is 8.84. The second-order valence-electron chi connectivity index (χ2n) is 8.84. The lowest BCUT2D eigenvalue weighted by molar-refractivity contribution is 0.0186. The van der Waals surface area contributed by atoms with Crippen molar-refractivity contribution in [3.05, 3.63) is 29.3 Å². The van der Waals surface area contributed by atoms with Crippen LogP contribution in [0.15, 0.2) is 23.2 Å². The molecule has 8 nitrogen and oxygen atoms in total. The number of hydrogen-bond donors (Lipinski definition) is 1. The number of nitrogens with two attached hydrogens (primary N) is 1. The monoisotopic (exact) mass is 418 g/mol. The largest absolute Gasteiger partial charge is 0.488 e. The summed E-state index contributed by atoms with van der Waals surface area (Å²) in [6, 6.07) is 6.13. The van der Waals surface area contributed by atoms with Crippen LogP contribution < -0.4 is 10.5 Å². The van der Waals surface area contributed by atoms with E-state index in [1.54, 1.807) is 4.90 Å². The number of ether oxygens (including phenoxy) is 3. The lowest BCUT2D eigenvalue weighted by Gasteiger charge is -2.36. The Morgan fingerprint density at radius 3 is 2.57 bits per heavy atom. The van der Waals surface area contributed by atoms with Crippen molar-refractivity contribution < 1.29 is 19.0 Å². The molecule has 2 fully saturated rings. The Kier molecular flexibility index (Phi) is 7.07. The molecular weight excluding hydrogens is 384 g/mol. The highest BCUT2D eigenvalue weighted by Gasteiger charge is 2.26. The van der Waals surface area contributed by atoms with Gasteiger partial charge in [-0.15, -0.1) is 0 Å². The Labute approximate surface area is 179 Å². The lowest BCUT2D eigenvalue weighted by Crippen LogP contribution is -2.53. The third kappa shape index (κ3) is 6.26. The highest BCUT2D eigenvalue weighted by atomic mass is 16.6. The fourth-order valence-corrected chi connectivity index (χ4v) is 3.40. The molecule has 2 N–H and O–H groups in total. The van der Waals surface area contributed by atoms with Crippen LogP contribution in [0.25, 0.3) is 0 Å². The Balaban J connectivity index is 1.56. The zero-order valence-corrected chi connectivity index (χ0v) is 18.5. The zero-order valence-electron chi connectivity index (χ0n) is 18.5. The number of carbonyl (C=O) groups excluding carboxylic acids is 1. The minimum Gasteiger partial charge on any atom is -0.488 e. The fraction of sp³-hybridized carbons (Fsp3) is 0.636. The molecule has 0 bridgehead atoms. The van der Waals surface area contributed by atoms with E-state index in [1.165, 1.54) is 0 Å². The summed E-state index contributed by atoms with van der Waals surface area (Å²) in [6.07, 6.45) is 0.712. The SMILES string of the molecule is Cc1ccc(CN=C(N)N2CCN(C(=O)OC(C)(C)C)CC2)c(OC2CCOC2)c1. The standard InChI is InChI=1S/C22H34N4O4/c1-16-5-6-17(19(13-16)29-18-7-12-28-15-18)14-24-20(23)25-8-10-26(11-9-25)21(27)30-22(2,3)4/h5-6,13,18H,7-12,14-15H2,1-4H3,(H2,23,24). The van der Waals surface area contributed by atoms with Gasteiger partial charge in [0.05, 0.1) is 19.8 Å². The number of nitrogens with zero attached hydrogens (tertiary/aromatic N) is 3. The van der Waals surface area contributed by atoms with E-state index in [2.05, 4.69) is 11.1 Å². The number of piperazine rings is 1. The molecule has 1 aromatic carbocycles. The van der Waals surface area contributed by atoms with Crippen LogP contribution in [-0.4, -0.2) is 73.0 Å². The molecule has 0 saturated carbocycles. The average Bonchev–Trinajstić information content (AvgIpc) is 3.19. The van der Waals surface area contributed by atoms with E-state index in [4.69, 9.17) is 19.9 Å². The van der Waals surface area contributed by atoms with Crippen LogP contribution in [0.1, 0.15) is 38.3 Å².